The van der Waals surface area contributed by atoms with Gasteiger partial charge in [0.25, 0.3) is 5.91 Å². The molecule has 0 bridgehead atoms. The number of amides is 1. The summed E-state index contributed by atoms with van der Waals surface area (Å²) in [5.41, 5.74) is 3.86. The van der Waals surface area contributed by atoms with Gasteiger partial charge in [0.15, 0.2) is 0 Å². The first-order chi connectivity index (χ1) is 12.1. The molecule has 0 aliphatic heterocycles. The van der Waals surface area contributed by atoms with Crippen LogP contribution < -0.4 is 10.1 Å². The van der Waals surface area contributed by atoms with E-state index in [1.54, 1.807) is 33.4 Å². The average molecular weight is 337 g/mol. The lowest BCUT2D eigenvalue weighted by Crippen LogP contribution is -2.24. The van der Waals surface area contributed by atoms with Crippen molar-refractivity contribution in [2.75, 3.05) is 7.11 Å². The van der Waals surface area contributed by atoms with Crippen LogP contribution >= 0.6 is 0 Å². The molecule has 0 aliphatic carbocycles. The molecule has 0 spiro atoms. The van der Waals surface area contributed by atoms with Gasteiger partial charge in [-0.1, -0.05) is 0 Å². The van der Waals surface area contributed by atoms with Crippen LogP contribution in [0.5, 0.6) is 5.75 Å². The fraction of sp³-hybridized carbons (Fsp3) is 0.222. The Morgan fingerprint density at radius 1 is 1.20 bits per heavy atom. The van der Waals surface area contributed by atoms with E-state index in [0.717, 1.165) is 22.6 Å². The van der Waals surface area contributed by atoms with Gasteiger partial charge >= 0.3 is 0 Å². The highest BCUT2D eigenvalue weighted by Crippen LogP contribution is 2.23. The van der Waals surface area contributed by atoms with E-state index in [4.69, 9.17) is 4.74 Å². The maximum Gasteiger partial charge on any atom is 0.254 e. The minimum absolute atomic E-state index is 0.209. The van der Waals surface area contributed by atoms with Gasteiger partial charge < -0.3 is 10.1 Å². The summed E-state index contributed by atoms with van der Waals surface area (Å²) >= 11 is 0. The summed E-state index contributed by atoms with van der Waals surface area (Å²) in [5, 5.41) is 9.95. The molecular weight excluding hydrogens is 318 g/mol. The first-order valence-corrected chi connectivity index (χ1v) is 7.83. The van der Waals surface area contributed by atoms with E-state index in [-0.39, 0.29) is 5.91 Å². The topological polar surface area (TPSA) is 92.8 Å². The van der Waals surface area contributed by atoms with Gasteiger partial charge in [-0.15, -0.1) is 0 Å². The van der Waals surface area contributed by atoms with Crippen molar-refractivity contribution >= 4 is 5.91 Å². The summed E-state index contributed by atoms with van der Waals surface area (Å²) in [6.45, 7) is 3.94. The molecule has 0 unspecified atom stereocenters. The normalized spacial score (nSPS) is 10.5. The van der Waals surface area contributed by atoms with Crippen LogP contribution in [0.4, 0.5) is 0 Å². The fourth-order valence-corrected chi connectivity index (χ4v) is 2.53. The van der Waals surface area contributed by atoms with Crippen molar-refractivity contribution in [1.82, 2.24) is 25.5 Å². The predicted octanol–water partition coefficient (Wildman–Crippen LogP) is 2.42. The monoisotopic (exact) mass is 337 g/mol. The summed E-state index contributed by atoms with van der Waals surface area (Å²) in [6.07, 6.45) is 3.26. The largest absolute Gasteiger partial charge is 0.497 e. The first-order valence-electron chi connectivity index (χ1n) is 7.83. The van der Waals surface area contributed by atoms with Crippen LogP contribution in [0, 0.1) is 13.8 Å². The molecule has 0 saturated carbocycles. The van der Waals surface area contributed by atoms with Crippen molar-refractivity contribution in [3.05, 3.63) is 59.3 Å². The number of methoxy groups -OCH3 is 1. The molecule has 25 heavy (non-hydrogen) atoms. The Morgan fingerprint density at radius 2 is 1.96 bits per heavy atom. The van der Waals surface area contributed by atoms with Gasteiger partial charge in [-0.25, -0.2) is 9.97 Å². The van der Waals surface area contributed by atoms with Crippen molar-refractivity contribution in [3.63, 3.8) is 0 Å². The molecule has 1 amide bonds. The lowest BCUT2D eigenvalue weighted by Gasteiger charge is -2.08. The van der Waals surface area contributed by atoms with Crippen LogP contribution in [0.2, 0.25) is 0 Å². The number of benzene rings is 1. The van der Waals surface area contributed by atoms with Crippen molar-refractivity contribution in [2.24, 2.45) is 0 Å². The standard InChI is InChI=1S/C18H19N5O2/c1-11-16(10-19-12(2)22-11)18(24)20-8-14-9-21-23-17(14)13-4-6-15(25-3)7-5-13/h4-7,9-10H,8H2,1-3H3,(H,20,24)(H,21,23). The summed E-state index contributed by atoms with van der Waals surface area (Å²) in [4.78, 5) is 20.7. The smallest absolute Gasteiger partial charge is 0.254 e. The Labute approximate surface area is 145 Å². The number of nitrogens with one attached hydrogen (secondary N) is 2. The van der Waals surface area contributed by atoms with Gasteiger partial charge in [-0.2, -0.15) is 5.10 Å². The summed E-state index contributed by atoms with van der Waals surface area (Å²) in [6, 6.07) is 7.64. The highest BCUT2D eigenvalue weighted by molar-refractivity contribution is 5.94. The van der Waals surface area contributed by atoms with Gasteiger partial charge in [-0.3, -0.25) is 9.89 Å². The van der Waals surface area contributed by atoms with Crippen molar-refractivity contribution in [2.45, 2.75) is 20.4 Å². The lowest BCUT2D eigenvalue weighted by atomic mass is 10.1. The molecule has 0 aliphatic rings. The Bertz CT molecular complexity index is 887. The number of carbonyl (C=O) groups excluding carboxylic acids is 1. The fourth-order valence-electron chi connectivity index (χ4n) is 2.53. The molecule has 1 aromatic carbocycles. The number of H-pyrrole nitrogens is 1. The van der Waals surface area contributed by atoms with Crippen molar-refractivity contribution in [1.29, 1.82) is 0 Å². The number of nitrogens with zero attached hydrogens (tertiary/aromatic N) is 3. The SMILES string of the molecule is COc1ccc(-c2[nH]ncc2CNC(=O)c2cnc(C)nc2C)cc1. The highest BCUT2D eigenvalue weighted by Gasteiger charge is 2.13. The average Bonchev–Trinajstić information content (AvgIpc) is 3.08. The molecule has 128 valence electrons. The zero-order valence-electron chi connectivity index (χ0n) is 14.3. The number of aromatic nitrogens is 4. The van der Waals surface area contributed by atoms with Crippen LogP contribution in [0.15, 0.2) is 36.7 Å². The van der Waals surface area contributed by atoms with Crippen LogP contribution in [0.3, 0.4) is 0 Å². The van der Waals surface area contributed by atoms with Gasteiger partial charge in [-0.05, 0) is 38.1 Å². The van der Waals surface area contributed by atoms with E-state index >= 15 is 0 Å². The van der Waals surface area contributed by atoms with Crippen LogP contribution in [0.1, 0.15) is 27.4 Å². The highest BCUT2D eigenvalue weighted by atomic mass is 16.5. The Balaban J connectivity index is 1.73. The maximum atomic E-state index is 12.4. The molecule has 2 aromatic heterocycles. The quantitative estimate of drug-likeness (QED) is 0.746. The molecule has 0 radical (unpaired) electrons. The Morgan fingerprint density at radius 3 is 2.64 bits per heavy atom. The zero-order valence-corrected chi connectivity index (χ0v) is 14.3. The van der Waals surface area contributed by atoms with Gasteiger partial charge in [0, 0.05) is 23.9 Å². The number of carbonyl (C=O) groups is 1. The van der Waals surface area contributed by atoms with Crippen LogP contribution in [0.25, 0.3) is 11.3 Å². The third-order valence-electron chi connectivity index (χ3n) is 3.88. The summed E-state index contributed by atoms with van der Waals surface area (Å²) in [7, 11) is 1.63. The van der Waals surface area contributed by atoms with Crippen LogP contribution in [-0.4, -0.2) is 33.2 Å². The van der Waals surface area contributed by atoms with Gasteiger partial charge in [0.2, 0.25) is 0 Å². The van der Waals surface area contributed by atoms with E-state index in [1.807, 2.05) is 24.3 Å². The zero-order chi connectivity index (χ0) is 17.8. The first kappa shape index (κ1) is 16.6. The third kappa shape index (κ3) is 3.65. The number of hydrogen-bond acceptors (Lipinski definition) is 5. The molecule has 0 atom stereocenters. The molecule has 3 rings (SSSR count). The maximum absolute atomic E-state index is 12.4. The third-order valence-corrected chi connectivity index (χ3v) is 3.88. The van der Waals surface area contributed by atoms with Crippen LogP contribution in [-0.2, 0) is 6.54 Å². The predicted molar refractivity (Wildman–Crippen MR) is 93.3 cm³/mol. The van der Waals surface area contributed by atoms with E-state index in [1.165, 1.54) is 0 Å². The number of aryl methyl sites for hydroxylation is 2. The van der Waals surface area contributed by atoms with Crippen molar-refractivity contribution < 1.29 is 9.53 Å². The molecule has 7 nitrogen and oxygen atoms in total. The minimum Gasteiger partial charge on any atom is -0.497 e. The molecule has 3 aromatic rings. The minimum atomic E-state index is -0.209. The number of hydrogen-bond donors (Lipinski definition) is 2. The summed E-state index contributed by atoms with van der Waals surface area (Å²) in [5.74, 6) is 1.22. The molecule has 2 N–H and O–H groups in total. The second-order valence-corrected chi connectivity index (χ2v) is 5.60. The number of ether oxygens (including phenoxy) is 1. The second kappa shape index (κ2) is 7.12. The van der Waals surface area contributed by atoms with Gasteiger partial charge in [0.05, 0.1) is 30.3 Å². The number of rotatable bonds is 5. The molecule has 2 heterocycles. The van der Waals surface area contributed by atoms with Gasteiger partial charge in [0.1, 0.15) is 11.6 Å². The second-order valence-electron chi connectivity index (χ2n) is 5.60. The van der Waals surface area contributed by atoms with E-state index in [0.29, 0.717) is 23.6 Å². The lowest BCUT2D eigenvalue weighted by molar-refractivity contribution is 0.0949. The van der Waals surface area contributed by atoms with E-state index in [9.17, 15) is 4.79 Å². The molecule has 0 fully saturated rings. The van der Waals surface area contributed by atoms with E-state index in [2.05, 4.69) is 25.5 Å². The molecule has 7 heteroatoms. The number of aromatic amines is 1. The Kier molecular flexibility index (Phi) is 4.74. The van der Waals surface area contributed by atoms with Crippen molar-refractivity contribution in [3.8, 4) is 17.0 Å². The molecule has 0 saturated heterocycles. The summed E-state index contributed by atoms with van der Waals surface area (Å²) < 4.78 is 5.17. The Hall–Kier alpha value is -3.22. The molecular formula is C18H19N5O2. The van der Waals surface area contributed by atoms with E-state index < -0.39 is 0 Å².